The number of rotatable bonds is 8. The van der Waals surface area contributed by atoms with Crippen molar-refractivity contribution in [1.29, 1.82) is 0 Å². The number of carbonyl (C=O) groups is 1. The predicted octanol–water partition coefficient (Wildman–Crippen LogP) is 2.48. The molecule has 22 heavy (non-hydrogen) atoms. The number of likely N-dealkylation sites (N-methyl/N-ethyl adjacent to an activating group) is 1. The van der Waals surface area contributed by atoms with E-state index in [0.29, 0.717) is 12.1 Å². The van der Waals surface area contributed by atoms with Crippen LogP contribution in [0.25, 0.3) is 0 Å². The summed E-state index contributed by atoms with van der Waals surface area (Å²) in [5.74, 6) is 0.0898. The molecule has 1 saturated carbocycles. The molecule has 6 heteroatoms. The largest absolute Gasteiger partial charge is 0.497 e. The number of benzene rings is 1. The van der Waals surface area contributed by atoms with Crippen LogP contribution in [-0.2, 0) is 11.3 Å². The summed E-state index contributed by atoms with van der Waals surface area (Å²) < 4.78 is 6.23. The van der Waals surface area contributed by atoms with E-state index in [1.54, 1.807) is 7.11 Å². The van der Waals surface area contributed by atoms with Crippen molar-refractivity contribution >= 4 is 21.9 Å². The van der Waals surface area contributed by atoms with Gasteiger partial charge in [-0.25, -0.2) is 0 Å². The average Bonchev–Trinajstić information content (AvgIpc) is 2.45. The molecule has 1 aliphatic rings. The molecule has 0 saturated heterocycles. The van der Waals surface area contributed by atoms with Crippen LogP contribution in [0.4, 0.5) is 0 Å². The van der Waals surface area contributed by atoms with Crippen LogP contribution >= 0.6 is 15.9 Å². The van der Waals surface area contributed by atoms with E-state index in [1.807, 2.05) is 24.0 Å². The Morgan fingerprint density at radius 2 is 2.23 bits per heavy atom. The SMILES string of the molecule is CCN(CC(=O)O)C1CC(NCc2ccc(OC)cc2Br)C1. The molecule has 122 valence electrons. The summed E-state index contributed by atoms with van der Waals surface area (Å²) in [6, 6.07) is 6.82. The number of aliphatic carboxylic acids is 1. The van der Waals surface area contributed by atoms with Crippen LogP contribution in [0.15, 0.2) is 22.7 Å². The molecule has 0 radical (unpaired) electrons. The summed E-state index contributed by atoms with van der Waals surface area (Å²) in [7, 11) is 1.66. The monoisotopic (exact) mass is 370 g/mol. The third-order valence-electron chi connectivity index (χ3n) is 4.22. The van der Waals surface area contributed by atoms with Crippen molar-refractivity contribution in [3.05, 3.63) is 28.2 Å². The maximum Gasteiger partial charge on any atom is 0.317 e. The Labute approximate surface area is 139 Å². The number of carboxylic acid groups (broad SMARTS) is 1. The minimum absolute atomic E-state index is 0.137. The van der Waals surface area contributed by atoms with Gasteiger partial charge in [-0.05, 0) is 37.1 Å². The predicted molar refractivity (Wildman–Crippen MR) is 89.2 cm³/mol. The lowest BCUT2D eigenvalue weighted by molar-refractivity contribution is -0.139. The number of halogens is 1. The first-order chi connectivity index (χ1) is 10.5. The Kier molecular flexibility index (Phi) is 6.23. The Hall–Kier alpha value is -1.11. The summed E-state index contributed by atoms with van der Waals surface area (Å²) in [6.45, 7) is 3.73. The van der Waals surface area contributed by atoms with Crippen LogP contribution < -0.4 is 10.1 Å². The lowest BCUT2D eigenvalue weighted by Crippen LogP contribution is -2.53. The van der Waals surface area contributed by atoms with Crippen molar-refractivity contribution in [2.75, 3.05) is 20.2 Å². The topological polar surface area (TPSA) is 61.8 Å². The third kappa shape index (κ3) is 4.44. The Morgan fingerprint density at radius 3 is 2.77 bits per heavy atom. The van der Waals surface area contributed by atoms with Crippen LogP contribution in [0.1, 0.15) is 25.3 Å². The molecule has 1 fully saturated rings. The maximum atomic E-state index is 10.8. The zero-order chi connectivity index (χ0) is 16.1. The molecule has 0 bridgehead atoms. The molecule has 1 aliphatic carbocycles. The van der Waals surface area contributed by atoms with Gasteiger partial charge in [0.05, 0.1) is 13.7 Å². The third-order valence-corrected chi connectivity index (χ3v) is 4.95. The van der Waals surface area contributed by atoms with Gasteiger partial charge in [0.15, 0.2) is 0 Å². The van der Waals surface area contributed by atoms with Gasteiger partial charge >= 0.3 is 5.97 Å². The van der Waals surface area contributed by atoms with Crippen LogP contribution in [0.3, 0.4) is 0 Å². The average molecular weight is 371 g/mol. The molecule has 0 aromatic heterocycles. The molecule has 2 N–H and O–H groups in total. The minimum atomic E-state index is -0.750. The summed E-state index contributed by atoms with van der Waals surface area (Å²) in [4.78, 5) is 12.9. The molecular formula is C16H23BrN2O3. The zero-order valence-electron chi connectivity index (χ0n) is 13.0. The van der Waals surface area contributed by atoms with E-state index >= 15 is 0 Å². The Bertz CT molecular complexity index is 518. The second-order valence-electron chi connectivity index (χ2n) is 5.62. The number of nitrogens with zero attached hydrogens (tertiary/aromatic N) is 1. The lowest BCUT2D eigenvalue weighted by Gasteiger charge is -2.42. The van der Waals surface area contributed by atoms with Crippen LogP contribution in [-0.4, -0.2) is 48.3 Å². The van der Waals surface area contributed by atoms with E-state index in [0.717, 1.165) is 36.2 Å². The van der Waals surface area contributed by atoms with E-state index in [9.17, 15) is 4.79 Å². The van der Waals surface area contributed by atoms with Gasteiger partial charge in [-0.2, -0.15) is 0 Å². The van der Waals surface area contributed by atoms with Gasteiger partial charge in [0.1, 0.15) is 5.75 Å². The molecule has 0 aliphatic heterocycles. The highest BCUT2D eigenvalue weighted by atomic mass is 79.9. The first-order valence-electron chi connectivity index (χ1n) is 7.55. The first kappa shape index (κ1) is 17.2. The van der Waals surface area contributed by atoms with Gasteiger partial charge in [-0.1, -0.05) is 28.9 Å². The molecule has 0 heterocycles. The fourth-order valence-corrected chi connectivity index (χ4v) is 3.28. The van der Waals surface area contributed by atoms with Gasteiger partial charge in [-0.3, -0.25) is 9.69 Å². The quantitative estimate of drug-likeness (QED) is 0.735. The van der Waals surface area contributed by atoms with E-state index in [-0.39, 0.29) is 6.54 Å². The van der Waals surface area contributed by atoms with Crippen molar-refractivity contribution in [2.45, 2.75) is 38.4 Å². The number of methoxy groups -OCH3 is 1. The standard InChI is InChI=1S/C16H23BrN2O3/c1-3-19(10-16(20)21)13-6-12(7-13)18-9-11-4-5-14(22-2)8-15(11)17/h4-5,8,12-13,18H,3,6-7,9-10H2,1-2H3,(H,20,21). The summed E-state index contributed by atoms with van der Waals surface area (Å²) in [5.41, 5.74) is 1.20. The highest BCUT2D eigenvalue weighted by Crippen LogP contribution is 2.27. The summed E-state index contributed by atoms with van der Waals surface area (Å²) in [5, 5.41) is 12.4. The van der Waals surface area contributed by atoms with Gasteiger partial charge in [0, 0.05) is 23.1 Å². The summed E-state index contributed by atoms with van der Waals surface area (Å²) >= 11 is 3.56. The second kappa shape index (κ2) is 7.94. The number of carboxylic acids is 1. The number of nitrogens with one attached hydrogen (secondary N) is 1. The van der Waals surface area contributed by atoms with E-state index < -0.39 is 5.97 Å². The first-order valence-corrected chi connectivity index (χ1v) is 8.34. The number of ether oxygens (including phenoxy) is 1. The van der Waals surface area contributed by atoms with Crippen LogP contribution in [0.2, 0.25) is 0 Å². The van der Waals surface area contributed by atoms with E-state index in [4.69, 9.17) is 9.84 Å². The normalized spacial score (nSPS) is 20.7. The minimum Gasteiger partial charge on any atom is -0.497 e. The van der Waals surface area contributed by atoms with Crippen molar-refractivity contribution < 1.29 is 14.6 Å². The van der Waals surface area contributed by atoms with Crippen molar-refractivity contribution in [1.82, 2.24) is 10.2 Å². The highest BCUT2D eigenvalue weighted by Gasteiger charge is 2.33. The van der Waals surface area contributed by atoms with Gasteiger partial charge in [-0.15, -0.1) is 0 Å². The maximum absolute atomic E-state index is 10.8. The molecule has 0 spiro atoms. The molecule has 1 aromatic carbocycles. The fraction of sp³-hybridized carbons (Fsp3) is 0.562. The van der Waals surface area contributed by atoms with Crippen molar-refractivity contribution in [2.24, 2.45) is 0 Å². The molecule has 0 amide bonds. The Morgan fingerprint density at radius 1 is 1.50 bits per heavy atom. The zero-order valence-corrected chi connectivity index (χ0v) is 14.6. The second-order valence-corrected chi connectivity index (χ2v) is 6.47. The Balaban J connectivity index is 1.77. The lowest BCUT2D eigenvalue weighted by atomic mass is 9.85. The smallest absolute Gasteiger partial charge is 0.317 e. The molecular weight excluding hydrogens is 348 g/mol. The van der Waals surface area contributed by atoms with Gasteiger partial charge in [0.25, 0.3) is 0 Å². The molecule has 1 aromatic rings. The van der Waals surface area contributed by atoms with Crippen molar-refractivity contribution in [3.8, 4) is 5.75 Å². The molecule has 2 rings (SSSR count). The number of hydrogen-bond acceptors (Lipinski definition) is 4. The van der Waals surface area contributed by atoms with Crippen LogP contribution in [0.5, 0.6) is 5.75 Å². The molecule has 5 nitrogen and oxygen atoms in total. The molecule has 0 unspecified atom stereocenters. The van der Waals surface area contributed by atoms with E-state index in [1.165, 1.54) is 5.56 Å². The summed E-state index contributed by atoms with van der Waals surface area (Å²) in [6.07, 6.45) is 2.02. The van der Waals surface area contributed by atoms with E-state index in [2.05, 4.69) is 27.3 Å². The highest BCUT2D eigenvalue weighted by molar-refractivity contribution is 9.10. The van der Waals surface area contributed by atoms with Crippen molar-refractivity contribution in [3.63, 3.8) is 0 Å². The van der Waals surface area contributed by atoms with Gasteiger partial charge in [0.2, 0.25) is 0 Å². The molecule has 0 atom stereocenters. The fourth-order valence-electron chi connectivity index (χ4n) is 2.78. The van der Waals surface area contributed by atoms with Crippen LogP contribution in [0, 0.1) is 0 Å². The van der Waals surface area contributed by atoms with Gasteiger partial charge < -0.3 is 15.2 Å². The number of hydrogen-bond donors (Lipinski definition) is 2.